The Bertz CT molecular complexity index is 586. The molecular formula is C16H18ClFN2. The molecular weight excluding hydrogens is 275 g/mol. The standard InChI is InChI=1S/C16H18ClFN2/c1-2-8-20(15-5-3-4-14(19)10-15)11-12-6-7-13(17)9-16(12)18/h3-7,9-10H,2,8,11,19H2,1H3. The number of nitrogen functional groups attached to an aromatic ring is 1. The second-order valence-electron chi connectivity index (χ2n) is 4.75. The highest BCUT2D eigenvalue weighted by Gasteiger charge is 2.10. The molecule has 2 aromatic rings. The first-order valence-electron chi connectivity index (χ1n) is 6.64. The molecule has 20 heavy (non-hydrogen) atoms. The molecule has 0 unspecified atom stereocenters. The van der Waals surface area contributed by atoms with Gasteiger partial charge in [0.1, 0.15) is 5.82 Å². The summed E-state index contributed by atoms with van der Waals surface area (Å²) in [4.78, 5) is 2.11. The largest absolute Gasteiger partial charge is 0.399 e. The van der Waals surface area contributed by atoms with Crippen LogP contribution in [0.5, 0.6) is 0 Å². The van der Waals surface area contributed by atoms with Gasteiger partial charge in [-0.2, -0.15) is 0 Å². The summed E-state index contributed by atoms with van der Waals surface area (Å²) >= 11 is 5.78. The van der Waals surface area contributed by atoms with E-state index in [-0.39, 0.29) is 5.82 Å². The average Bonchev–Trinajstić information content (AvgIpc) is 2.41. The molecule has 0 spiro atoms. The second-order valence-corrected chi connectivity index (χ2v) is 5.19. The Morgan fingerprint density at radius 1 is 1.20 bits per heavy atom. The summed E-state index contributed by atoms with van der Waals surface area (Å²) < 4.78 is 13.9. The highest BCUT2D eigenvalue weighted by molar-refractivity contribution is 6.30. The SMILES string of the molecule is CCCN(Cc1ccc(Cl)cc1F)c1cccc(N)c1. The smallest absolute Gasteiger partial charge is 0.129 e. The van der Waals surface area contributed by atoms with E-state index in [0.29, 0.717) is 22.8 Å². The number of hydrogen-bond donors (Lipinski definition) is 1. The van der Waals surface area contributed by atoms with Gasteiger partial charge in [0, 0.05) is 35.1 Å². The maximum Gasteiger partial charge on any atom is 0.129 e. The molecule has 0 amide bonds. The van der Waals surface area contributed by atoms with Crippen LogP contribution >= 0.6 is 11.6 Å². The lowest BCUT2D eigenvalue weighted by atomic mass is 10.1. The molecule has 0 aliphatic rings. The molecule has 2 aromatic carbocycles. The summed E-state index contributed by atoms with van der Waals surface area (Å²) in [5.41, 5.74) is 8.16. The van der Waals surface area contributed by atoms with Crippen LogP contribution in [0.1, 0.15) is 18.9 Å². The van der Waals surface area contributed by atoms with Crippen molar-refractivity contribution < 1.29 is 4.39 Å². The van der Waals surface area contributed by atoms with Crippen molar-refractivity contribution in [2.24, 2.45) is 0 Å². The van der Waals surface area contributed by atoms with Gasteiger partial charge in [0.15, 0.2) is 0 Å². The average molecular weight is 293 g/mol. The fourth-order valence-electron chi connectivity index (χ4n) is 2.15. The van der Waals surface area contributed by atoms with E-state index in [0.717, 1.165) is 18.7 Å². The van der Waals surface area contributed by atoms with E-state index in [1.54, 1.807) is 12.1 Å². The van der Waals surface area contributed by atoms with E-state index in [1.165, 1.54) is 6.07 Å². The third-order valence-corrected chi connectivity index (χ3v) is 3.34. The number of anilines is 2. The van der Waals surface area contributed by atoms with Gasteiger partial charge in [-0.05, 0) is 36.8 Å². The Morgan fingerprint density at radius 3 is 2.65 bits per heavy atom. The maximum absolute atomic E-state index is 13.9. The predicted octanol–water partition coefficient (Wildman–Crippen LogP) is 4.48. The molecule has 0 aliphatic carbocycles. The number of halogens is 2. The minimum atomic E-state index is -0.275. The van der Waals surface area contributed by atoms with Crippen LogP contribution in [0, 0.1) is 5.82 Å². The molecule has 2 N–H and O–H groups in total. The third kappa shape index (κ3) is 3.64. The van der Waals surface area contributed by atoms with Crippen molar-refractivity contribution in [3.63, 3.8) is 0 Å². The Morgan fingerprint density at radius 2 is 2.00 bits per heavy atom. The fraction of sp³-hybridized carbons (Fsp3) is 0.250. The highest BCUT2D eigenvalue weighted by Crippen LogP contribution is 2.22. The lowest BCUT2D eigenvalue weighted by molar-refractivity contribution is 0.603. The van der Waals surface area contributed by atoms with Crippen LogP contribution in [0.4, 0.5) is 15.8 Å². The summed E-state index contributed by atoms with van der Waals surface area (Å²) in [7, 11) is 0. The maximum atomic E-state index is 13.9. The van der Waals surface area contributed by atoms with Crippen LogP contribution in [-0.2, 0) is 6.54 Å². The summed E-state index contributed by atoms with van der Waals surface area (Å²) in [6.07, 6.45) is 0.976. The Hall–Kier alpha value is -1.74. The first-order chi connectivity index (χ1) is 9.60. The summed E-state index contributed by atoms with van der Waals surface area (Å²) in [5, 5.41) is 0.414. The zero-order valence-corrected chi connectivity index (χ0v) is 12.2. The van der Waals surface area contributed by atoms with E-state index < -0.39 is 0 Å². The first-order valence-corrected chi connectivity index (χ1v) is 7.02. The van der Waals surface area contributed by atoms with Crippen LogP contribution in [0.3, 0.4) is 0 Å². The molecule has 0 aliphatic heterocycles. The predicted molar refractivity (Wildman–Crippen MR) is 83.6 cm³/mol. The van der Waals surface area contributed by atoms with Gasteiger partial charge in [-0.25, -0.2) is 4.39 Å². The van der Waals surface area contributed by atoms with Crippen molar-refractivity contribution in [1.82, 2.24) is 0 Å². The van der Waals surface area contributed by atoms with Gasteiger partial charge in [-0.15, -0.1) is 0 Å². The van der Waals surface area contributed by atoms with Crippen molar-refractivity contribution in [2.75, 3.05) is 17.2 Å². The van der Waals surface area contributed by atoms with Crippen LogP contribution in [-0.4, -0.2) is 6.54 Å². The molecule has 2 nitrogen and oxygen atoms in total. The number of hydrogen-bond acceptors (Lipinski definition) is 2. The van der Waals surface area contributed by atoms with Gasteiger partial charge in [0.2, 0.25) is 0 Å². The molecule has 0 saturated carbocycles. The molecule has 0 bridgehead atoms. The third-order valence-electron chi connectivity index (χ3n) is 3.11. The molecule has 2 rings (SSSR count). The van der Waals surface area contributed by atoms with Gasteiger partial charge >= 0.3 is 0 Å². The molecule has 0 heterocycles. The summed E-state index contributed by atoms with van der Waals surface area (Å²) in [5.74, 6) is -0.275. The van der Waals surface area contributed by atoms with Crippen LogP contribution in [0.2, 0.25) is 5.02 Å². The Kier molecular flexibility index (Phi) is 4.85. The van der Waals surface area contributed by atoms with Gasteiger partial charge in [0.25, 0.3) is 0 Å². The van der Waals surface area contributed by atoms with E-state index in [1.807, 2.05) is 24.3 Å². The lowest BCUT2D eigenvalue weighted by Gasteiger charge is -2.25. The van der Waals surface area contributed by atoms with Crippen molar-refractivity contribution in [1.29, 1.82) is 0 Å². The molecule has 106 valence electrons. The van der Waals surface area contributed by atoms with Crippen molar-refractivity contribution in [3.05, 3.63) is 58.9 Å². The van der Waals surface area contributed by atoms with Gasteiger partial charge in [-0.1, -0.05) is 30.7 Å². The number of nitrogens with two attached hydrogens (primary N) is 1. The van der Waals surface area contributed by atoms with Crippen molar-refractivity contribution in [2.45, 2.75) is 19.9 Å². The van der Waals surface area contributed by atoms with E-state index >= 15 is 0 Å². The summed E-state index contributed by atoms with van der Waals surface area (Å²) in [6, 6.07) is 12.4. The number of benzene rings is 2. The zero-order chi connectivity index (χ0) is 14.5. The molecule has 0 atom stereocenters. The number of nitrogens with zero attached hydrogens (tertiary/aromatic N) is 1. The topological polar surface area (TPSA) is 29.3 Å². The molecule has 0 radical (unpaired) electrons. The van der Waals surface area contributed by atoms with Gasteiger partial charge < -0.3 is 10.6 Å². The molecule has 4 heteroatoms. The van der Waals surface area contributed by atoms with E-state index in [9.17, 15) is 4.39 Å². The van der Waals surface area contributed by atoms with E-state index in [2.05, 4.69) is 11.8 Å². The number of rotatable bonds is 5. The van der Waals surface area contributed by atoms with Gasteiger partial charge in [0.05, 0.1) is 0 Å². The quantitative estimate of drug-likeness (QED) is 0.823. The van der Waals surface area contributed by atoms with Crippen molar-refractivity contribution >= 4 is 23.0 Å². The highest BCUT2D eigenvalue weighted by atomic mass is 35.5. The monoisotopic (exact) mass is 292 g/mol. The van der Waals surface area contributed by atoms with E-state index in [4.69, 9.17) is 17.3 Å². The van der Waals surface area contributed by atoms with Crippen LogP contribution < -0.4 is 10.6 Å². The summed E-state index contributed by atoms with van der Waals surface area (Å²) in [6.45, 7) is 3.43. The zero-order valence-electron chi connectivity index (χ0n) is 11.4. The van der Waals surface area contributed by atoms with Crippen molar-refractivity contribution in [3.8, 4) is 0 Å². The second kappa shape index (κ2) is 6.62. The molecule has 0 saturated heterocycles. The van der Waals surface area contributed by atoms with Gasteiger partial charge in [-0.3, -0.25) is 0 Å². The Labute approximate surface area is 124 Å². The van der Waals surface area contributed by atoms with Crippen LogP contribution in [0.25, 0.3) is 0 Å². The van der Waals surface area contributed by atoms with Crippen LogP contribution in [0.15, 0.2) is 42.5 Å². The Balaban J connectivity index is 2.25. The fourth-order valence-corrected chi connectivity index (χ4v) is 2.31. The minimum absolute atomic E-state index is 0.275. The first kappa shape index (κ1) is 14.7. The molecule has 0 aromatic heterocycles. The minimum Gasteiger partial charge on any atom is -0.399 e. The lowest BCUT2D eigenvalue weighted by Crippen LogP contribution is -2.24. The molecule has 0 fully saturated rings. The normalized spacial score (nSPS) is 10.6.